The van der Waals surface area contributed by atoms with Gasteiger partial charge in [-0.3, -0.25) is 19.3 Å². The number of H-pyrrole nitrogens is 1. The van der Waals surface area contributed by atoms with E-state index in [0.717, 1.165) is 17.7 Å². The first-order valence-corrected chi connectivity index (χ1v) is 8.92. The molecule has 2 heterocycles. The summed E-state index contributed by atoms with van der Waals surface area (Å²) < 4.78 is 0.590. The predicted octanol–water partition coefficient (Wildman–Crippen LogP) is 1.58. The number of urea groups is 1. The largest absolute Gasteiger partial charge is 0.326 e. The fraction of sp³-hybridized carbons (Fsp3) is 0.500. The van der Waals surface area contributed by atoms with E-state index in [1.54, 1.807) is 0 Å². The van der Waals surface area contributed by atoms with Gasteiger partial charge in [0.15, 0.2) is 0 Å². The Kier molecular flexibility index (Phi) is 4.68. The molecular formula is C16H19BrN4O4. The number of anilines is 1. The summed E-state index contributed by atoms with van der Waals surface area (Å²) in [6, 6.07) is 0.893. The van der Waals surface area contributed by atoms with Crippen molar-refractivity contribution in [2.24, 2.45) is 5.92 Å². The molecule has 1 aliphatic carbocycles. The lowest BCUT2D eigenvalue weighted by Gasteiger charge is -2.33. The van der Waals surface area contributed by atoms with E-state index in [1.807, 2.05) is 0 Å². The summed E-state index contributed by atoms with van der Waals surface area (Å²) in [5.74, 6) is -0.438. The highest BCUT2D eigenvalue weighted by atomic mass is 79.9. The minimum absolute atomic E-state index is 0.0487. The molecule has 1 spiro atoms. The van der Waals surface area contributed by atoms with E-state index >= 15 is 0 Å². The van der Waals surface area contributed by atoms with Gasteiger partial charge in [-0.2, -0.15) is 0 Å². The van der Waals surface area contributed by atoms with Crippen LogP contribution in [0.4, 0.5) is 10.5 Å². The number of nitrogens with one attached hydrogen (secondary N) is 3. The van der Waals surface area contributed by atoms with Crippen molar-refractivity contribution in [3.8, 4) is 0 Å². The van der Waals surface area contributed by atoms with Gasteiger partial charge in [-0.25, -0.2) is 4.79 Å². The predicted molar refractivity (Wildman–Crippen MR) is 94.0 cm³/mol. The molecule has 3 N–H and O–H groups in total. The summed E-state index contributed by atoms with van der Waals surface area (Å²) in [6.07, 6.45) is 4.34. The first kappa shape index (κ1) is 17.7. The van der Waals surface area contributed by atoms with Crippen LogP contribution in [0.15, 0.2) is 21.5 Å². The maximum atomic E-state index is 12.7. The number of rotatable bonds is 3. The van der Waals surface area contributed by atoms with E-state index in [-0.39, 0.29) is 11.6 Å². The normalized spacial score (nSPS) is 26.0. The van der Waals surface area contributed by atoms with Crippen molar-refractivity contribution in [1.29, 1.82) is 0 Å². The monoisotopic (exact) mass is 410 g/mol. The van der Waals surface area contributed by atoms with Crippen molar-refractivity contribution < 1.29 is 14.4 Å². The first-order chi connectivity index (χ1) is 11.8. The van der Waals surface area contributed by atoms with E-state index < -0.39 is 29.6 Å². The van der Waals surface area contributed by atoms with Crippen molar-refractivity contribution in [3.05, 3.63) is 27.1 Å². The molecule has 0 unspecified atom stereocenters. The molecule has 1 aliphatic heterocycles. The summed E-state index contributed by atoms with van der Waals surface area (Å²) in [6.45, 7) is 1.70. The van der Waals surface area contributed by atoms with Crippen LogP contribution in [0.2, 0.25) is 0 Å². The van der Waals surface area contributed by atoms with Crippen LogP contribution in [0.1, 0.15) is 32.6 Å². The minimum atomic E-state index is -0.878. The molecule has 134 valence electrons. The van der Waals surface area contributed by atoms with Gasteiger partial charge in [-0.05, 0) is 53.6 Å². The topological polar surface area (TPSA) is 111 Å². The van der Waals surface area contributed by atoms with E-state index in [9.17, 15) is 19.2 Å². The Morgan fingerprint density at radius 1 is 1.36 bits per heavy atom. The van der Waals surface area contributed by atoms with Gasteiger partial charge in [0, 0.05) is 10.7 Å². The number of hydrogen-bond donors (Lipinski definition) is 3. The van der Waals surface area contributed by atoms with E-state index in [0.29, 0.717) is 23.2 Å². The second kappa shape index (κ2) is 6.62. The number of carbonyl (C=O) groups is 3. The molecule has 0 aromatic carbocycles. The number of amides is 4. The molecule has 0 atom stereocenters. The van der Waals surface area contributed by atoms with Gasteiger partial charge in [0.05, 0.1) is 0 Å². The lowest BCUT2D eigenvalue weighted by Crippen LogP contribution is -2.49. The molecule has 0 bridgehead atoms. The molecule has 9 heteroatoms. The van der Waals surface area contributed by atoms with Gasteiger partial charge in [0.2, 0.25) is 5.91 Å². The Morgan fingerprint density at radius 3 is 2.72 bits per heavy atom. The fourth-order valence-electron chi connectivity index (χ4n) is 3.30. The number of aromatic nitrogens is 1. The van der Waals surface area contributed by atoms with Gasteiger partial charge >= 0.3 is 6.03 Å². The average molecular weight is 411 g/mol. The SMILES string of the molecule is CC1CCC2(CC1)NC(=O)N(CC(=O)Nc1cc(Br)c[nH]c1=O)C2=O. The van der Waals surface area contributed by atoms with Gasteiger partial charge in [0.25, 0.3) is 11.5 Å². The van der Waals surface area contributed by atoms with Crippen LogP contribution in [-0.4, -0.2) is 39.8 Å². The highest BCUT2D eigenvalue weighted by molar-refractivity contribution is 9.10. The van der Waals surface area contributed by atoms with Gasteiger partial charge < -0.3 is 15.6 Å². The summed E-state index contributed by atoms with van der Waals surface area (Å²) in [5.41, 5.74) is -1.30. The number of aromatic amines is 1. The van der Waals surface area contributed by atoms with Crippen LogP contribution in [0.3, 0.4) is 0 Å². The Labute approximate surface area is 152 Å². The van der Waals surface area contributed by atoms with Crippen molar-refractivity contribution >= 4 is 39.5 Å². The van der Waals surface area contributed by atoms with Crippen molar-refractivity contribution in [2.75, 3.05) is 11.9 Å². The summed E-state index contributed by atoms with van der Waals surface area (Å²) >= 11 is 3.20. The number of halogens is 1. The Balaban J connectivity index is 1.69. The van der Waals surface area contributed by atoms with E-state index in [1.165, 1.54) is 12.3 Å². The molecule has 3 rings (SSSR count). The second-order valence-corrected chi connectivity index (χ2v) is 7.61. The van der Waals surface area contributed by atoms with Gasteiger partial charge in [-0.1, -0.05) is 6.92 Å². The lowest BCUT2D eigenvalue weighted by molar-refractivity contribution is -0.135. The number of imide groups is 1. The average Bonchev–Trinajstić information content (AvgIpc) is 2.78. The number of carbonyl (C=O) groups excluding carboxylic acids is 3. The van der Waals surface area contributed by atoms with Crippen molar-refractivity contribution in [2.45, 2.75) is 38.1 Å². The van der Waals surface area contributed by atoms with Crippen LogP contribution in [-0.2, 0) is 9.59 Å². The van der Waals surface area contributed by atoms with Crippen LogP contribution in [0.25, 0.3) is 0 Å². The standard InChI is InChI=1S/C16H19BrN4O4/c1-9-2-4-16(5-3-9)14(24)21(15(25)20-16)8-12(22)19-11-6-10(17)7-18-13(11)23/h6-7,9H,2-5,8H2,1H3,(H,18,23)(H,19,22)(H,20,25). The highest BCUT2D eigenvalue weighted by Crippen LogP contribution is 2.36. The number of hydrogen-bond acceptors (Lipinski definition) is 4. The van der Waals surface area contributed by atoms with Crippen LogP contribution in [0.5, 0.6) is 0 Å². The molecule has 1 aromatic heterocycles. The third-order valence-electron chi connectivity index (χ3n) is 4.82. The molecular weight excluding hydrogens is 392 g/mol. The van der Waals surface area contributed by atoms with Gasteiger partial charge in [-0.15, -0.1) is 0 Å². The highest BCUT2D eigenvalue weighted by Gasteiger charge is 2.52. The molecule has 1 saturated carbocycles. The third-order valence-corrected chi connectivity index (χ3v) is 5.28. The van der Waals surface area contributed by atoms with Crippen LogP contribution in [0, 0.1) is 5.92 Å². The fourth-order valence-corrected chi connectivity index (χ4v) is 3.64. The minimum Gasteiger partial charge on any atom is -0.326 e. The molecule has 1 saturated heterocycles. The van der Waals surface area contributed by atoms with Crippen molar-refractivity contribution in [1.82, 2.24) is 15.2 Å². The first-order valence-electron chi connectivity index (χ1n) is 8.13. The number of pyridine rings is 1. The molecule has 2 fully saturated rings. The zero-order valence-corrected chi connectivity index (χ0v) is 15.3. The molecule has 2 aliphatic rings. The summed E-state index contributed by atoms with van der Waals surface area (Å²) in [4.78, 5) is 52.2. The molecule has 1 aromatic rings. The van der Waals surface area contributed by atoms with Crippen LogP contribution < -0.4 is 16.2 Å². The zero-order valence-electron chi connectivity index (χ0n) is 13.7. The molecule has 8 nitrogen and oxygen atoms in total. The third kappa shape index (κ3) is 3.46. The quantitative estimate of drug-likeness (QED) is 0.656. The van der Waals surface area contributed by atoms with Gasteiger partial charge in [0.1, 0.15) is 17.8 Å². The second-order valence-electron chi connectivity index (χ2n) is 6.69. The van der Waals surface area contributed by atoms with Crippen LogP contribution >= 0.6 is 15.9 Å². The zero-order chi connectivity index (χ0) is 18.2. The van der Waals surface area contributed by atoms with Crippen molar-refractivity contribution in [3.63, 3.8) is 0 Å². The Morgan fingerprint density at radius 2 is 2.04 bits per heavy atom. The van der Waals surface area contributed by atoms with E-state index in [4.69, 9.17) is 0 Å². The maximum Gasteiger partial charge on any atom is 0.325 e. The molecule has 0 radical (unpaired) electrons. The smallest absolute Gasteiger partial charge is 0.325 e. The lowest BCUT2D eigenvalue weighted by atomic mass is 9.77. The molecule has 4 amide bonds. The molecule has 25 heavy (non-hydrogen) atoms. The summed E-state index contributed by atoms with van der Waals surface area (Å²) in [5, 5.41) is 5.19. The number of nitrogens with zero attached hydrogens (tertiary/aromatic N) is 1. The summed E-state index contributed by atoms with van der Waals surface area (Å²) in [7, 11) is 0. The maximum absolute atomic E-state index is 12.7. The Bertz CT molecular complexity index is 783. The Hall–Kier alpha value is -2.16. The van der Waals surface area contributed by atoms with E-state index in [2.05, 4.69) is 38.5 Å².